The third-order valence-corrected chi connectivity index (χ3v) is 8.47. The minimum absolute atomic E-state index is 0.0651. The molecule has 0 saturated heterocycles. The van der Waals surface area contributed by atoms with Gasteiger partial charge in [0.05, 0.1) is 46.7 Å². The number of methoxy groups -OCH3 is 1. The molecule has 3 aliphatic rings. The zero-order valence-electron chi connectivity index (χ0n) is 19.7. The Morgan fingerprint density at radius 2 is 1.64 bits per heavy atom. The third kappa shape index (κ3) is 2.76. The number of halogens is 1. The maximum Gasteiger partial charge on any atom is 0.260 e. The average Bonchev–Trinajstić information content (AvgIpc) is 3.40. The molecule has 0 saturated carbocycles. The van der Waals surface area contributed by atoms with Gasteiger partial charge in [-0.15, -0.1) is 0 Å². The molecule has 0 aliphatic heterocycles. The van der Waals surface area contributed by atoms with Crippen molar-refractivity contribution < 1.29 is 44.4 Å². The molecule has 5 N–H and O–H groups in total. The molecule has 196 valence electrons. The van der Waals surface area contributed by atoms with Crippen LogP contribution in [0.15, 0.2) is 32.3 Å². The van der Waals surface area contributed by atoms with E-state index in [-0.39, 0.29) is 34.9 Å². The second kappa shape index (κ2) is 7.86. The molecule has 39 heavy (non-hydrogen) atoms. The van der Waals surface area contributed by atoms with E-state index in [1.165, 1.54) is 6.07 Å². The molecule has 1 heterocycles. The Labute approximate surface area is 225 Å². The van der Waals surface area contributed by atoms with Crippen molar-refractivity contribution in [2.45, 2.75) is 18.3 Å². The van der Waals surface area contributed by atoms with E-state index >= 15 is 0 Å². The molecular weight excluding hydrogens is 580 g/mol. The highest BCUT2D eigenvalue weighted by Crippen LogP contribution is 2.58. The number of carbonyl (C=O) groups is 4. The fraction of sp³-hybridized carbons (Fsp3) is 0.154. The van der Waals surface area contributed by atoms with Crippen LogP contribution in [0.4, 0.5) is 0 Å². The number of oxime groups is 1. The van der Waals surface area contributed by atoms with Crippen LogP contribution in [0.5, 0.6) is 17.2 Å². The van der Waals surface area contributed by atoms with Crippen LogP contribution < -0.4 is 5.56 Å². The quantitative estimate of drug-likeness (QED) is 0.0962. The second-order valence-corrected chi connectivity index (χ2v) is 10.1. The number of nitrogens with one attached hydrogen (secondary N) is 1. The number of ketones is 4. The maximum absolute atomic E-state index is 14.0. The SMILES string of the molecule is COC1=CC(=O)c2c(O)c3c(c(O)c2C1=O)C(=O)[C@]1(CCc2c1c(O)c1c(=O)[nH]c(/C=N/O)cc1c2Br)C3=O. The van der Waals surface area contributed by atoms with Crippen molar-refractivity contribution in [3.63, 3.8) is 0 Å². The molecular formula is C26H15BrN2O10. The number of benzene rings is 2. The molecule has 0 amide bonds. The number of allylic oxidation sites excluding steroid dienone is 2. The zero-order chi connectivity index (χ0) is 28.1. The van der Waals surface area contributed by atoms with Crippen molar-refractivity contribution in [1.82, 2.24) is 4.98 Å². The molecule has 0 unspecified atom stereocenters. The minimum atomic E-state index is -2.15. The van der Waals surface area contributed by atoms with Gasteiger partial charge in [-0.1, -0.05) is 5.16 Å². The smallest absolute Gasteiger partial charge is 0.260 e. The maximum atomic E-state index is 14.0. The van der Waals surface area contributed by atoms with Gasteiger partial charge in [0.1, 0.15) is 22.7 Å². The predicted octanol–water partition coefficient (Wildman–Crippen LogP) is 2.39. The lowest BCUT2D eigenvalue weighted by molar-refractivity contribution is 0.0790. The van der Waals surface area contributed by atoms with E-state index in [4.69, 9.17) is 9.94 Å². The summed E-state index contributed by atoms with van der Waals surface area (Å²) in [6.07, 6.45) is 1.64. The number of Topliss-reactive ketones (excluding diaryl/α,β-unsaturated/α-hetero) is 3. The number of hydrogen-bond donors (Lipinski definition) is 5. The number of nitrogens with zero attached hydrogens (tertiary/aromatic N) is 1. The highest BCUT2D eigenvalue weighted by Gasteiger charge is 2.62. The molecule has 1 spiro atoms. The molecule has 13 heteroatoms. The van der Waals surface area contributed by atoms with E-state index in [0.717, 1.165) is 19.4 Å². The van der Waals surface area contributed by atoms with E-state index in [0.29, 0.717) is 10.0 Å². The lowest BCUT2D eigenvalue weighted by atomic mass is 9.76. The Balaban J connectivity index is 1.67. The number of ether oxygens (including phenoxy) is 1. The number of pyridine rings is 1. The summed E-state index contributed by atoms with van der Waals surface area (Å²) in [5, 5.41) is 45.2. The van der Waals surface area contributed by atoms with Crippen LogP contribution in [-0.4, -0.2) is 62.0 Å². The van der Waals surface area contributed by atoms with E-state index in [1.807, 2.05) is 0 Å². The van der Waals surface area contributed by atoms with E-state index in [1.54, 1.807) is 0 Å². The van der Waals surface area contributed by atoms with Crippen LogP contribution in [0.1, 0.15) is 64.7 Å². The summed E-state index contributed by atoms with van der Waals surface area (Å²) in [6.45, 7) is 0. The summed E-state index contributed by atoms with van der Waals surface area (Å²) >= 11 is 3.40. The highest BCUT2D eigenvalue weighted by atomic mass is 79.9. The Hall–Kier alpha value is -4.78. The predicted molar refractivity (Wildman–Crippen MR) is 135 cm³/mol. The monoisotopic (exact) mass is 594 g/mol. The molecule has 3 aromatic rings. The first-order valence-corrected chi connectivity index (χ1v) is 12.1. The van der Waals surface area contributed by atoms with Crippen molar-refractivity contribution in [3.05, 3.63) is 71.8 Å². The van der Waals surface area contributed by atoms with Crippen LogP contribution in [0, 0.1) is 0 Å². The van der Waals surface area contributed by atoms with E-state index in [9.17, 15) is 39.3 Å². The first kappa shape index (κ1) is 24.6. The number of carbonyl (C=O) groups excluding carboxylic acids is 4. The van der Waals surface area contributed by atoms with Crippen molar-refractivity contribution in [3.8, 4) is 17.2 Å². The summed E-state index contributed by atoms with van der Waals surface area (Å²) < 4.78 is 5.19. The number of aromatic nitrogens is 1. The molecule has 0 fully saturated rings. The lowest BCUT2D eigenvalue weighted by Gasteiger charge is -2.23. The fourth-order valence-electron chi connectivity index (χ4n) is 5.93. The minimum Gasteiger partial charge on any atom is -0.507 e. The number of hydrogen-bond acceptors (Lipinski definition) is 11. The Morgan fingerprint density at radius 1 is 1.00 bits per heavy atom. The molecule has 6 rings (SSSR count). The van der Waals surface area contributed by atoms with Crippen molar-refractivity contribution in [2.75, 3.05) is 7.11 Å². The summed E-state index contributed by atoms with van der Waals surface area (Å²) in [7, 11) is 1.12. The number of phenolic OH excluding ortho intramolecular Hbond substituents is 3. The fourth-order valence-corrected chi connectivity index (χ4v) is 6.64. The molecule has 0 radical (unpaired) electrons. The average molecular weight is 595 g/mol. The Morgan fingerprint density at radius 3 is 2.26 bits per heavy atom. The van der Waals surface area contributed by atoms with Crippen LogP contribution >= 0.6 is 15.9 Å². The summed E-state index contributed by atoms with van der Waals surface area (Å²) in [4.78, 5) is 69.0. The van der Waals surface area contributed by atoms with Crippen LogP contribution in [0.25, 0.3) is 10.8 Å². The van der Waals surface area contributed by atoms with Gasteiger partial charge in [-0.05, 0) is 40.4 Å². The van der Waals surface area contributed by atoms with E-state index < -0.39 is 79.4 Å². The first-order chi connectivity index (χ1) is 18.5. The van der Waals surface area contributed by atoms with Gasteiger partial charge in [-0.25, -0.2) is 0 Å². The molecule has 12 nitrogen and oxygen atoms in total. The number of H-pyrrole nitrogens is 1. The zero-order valence-corrected chi connectivity index (χ0v) is 21.3. The van der Waals surface area contributed by atoms with Gasteiger partial charge < -0.3 is 30.2 Å². The summed E-state index contributed by atoms with van der Waals surface area (Å²) in [6, 6.07) is 1.42. The van der Waals surface area contributed by atoms with Crippen molar-refractivity contribution in [2.24, 2.45) is 5.16 Å². The van der Waals surface area contributed by atoms with Crippen molar-refractivity contribution in [1.29, 1.82) is 0 Å². The van der Waals surface area contributed by atoms with Crippen LogP contribution in [0.3, 0.4) is 0 Å². The lowest BCUT2D eigenvalue weighted by Crippen LogP contribution is -2.36. The highest BCUT2D eigenvalue weighted by molar-refractivity contribution is 9.10. The third-order valence-electron chi connectivity index (χ3n) is 7.56. The van der Waals surface area contributed by atoms with Crippen LogP contribution in [0.2, 0.25) is 0 Å². The normalized spacial score (nSPS) is 19.7. The van der Waals surface area contributed by atoms with Gasteiger partial charge >= 0.3 is 0 Å². The molecule has 1 atom stereocenters. The van der Waals surface area contributed by atoms with E-state index in [2.05, 4.69) is 26.1 Å². The van der Waals surface area contributed by atoms with Gasteiger partial charge in [-0.3, -0.25) is 24.0 Å². The van der Waals surface area contributed by atoms with Gasteiger partial charge in [-0.2, -0.15) is 0 Å². The Kier molecular flexibility index (Phi) is 4.95. The molecule has 2 aromatic carbocycles. The van der Waals surface area contributed by atoms with Gasteiger partial charge in [0.2, 0.25) is 5.78 Å². The van der Waals surface area contributed by atoms with Gasteiger partial charge in [0.15, 0.2) is 23.1 Å². The number of rotatable bonds is 2. The standard InChI is InChI=1S/C26H15BrN2O10/c1-39-11-5-10(30)13-14(19(11)31)21(33)16-15(20(13)32)23(35)26(24(16)36)3-2-8-17(26)22(34)12-9(18(8)27)4-7(6-28-38)29-25(12)37/h4-6,32-34,38H,2-3H2,1H3,(H,29,37)/b28-6+/t26-/m0/s1. The molecule has 3 aliphatic carbocycles. The second-order valence-electron chi connectivity index (χ2n) is 9.27. The van der Waals surface area contributed by atoms with Gasteiger partial charge in [0, 0.05) is 21.5 Å². The summed E-state index contributed by atoms with van der Waals surface area (Å²) in [5.41, 5.74) is -5.35. The molecule has 0 bridgehead atoms. The summed E-state index contributed by atoms with van der Waals surface area (Å²) in [5.74, 6) is -6.91. The topological polar surface area (TPSA) is 204 Å². The number of aromatic amines is 1. The number of fused-ring (bicyclic) bond motifs is 5. The first-order valence-electron chi connectivity index (χ1n) is 11.4. The largest absolute Gasteiger partial charge is 0.507 e. The van der Waals surface area contributed by atoms with Crippen LogP contribution in [-0.2, 0) is 16.6 Å². The van der Waals surface area contributed by atoms with Gasteiger partial charge in [0.25, 0.3) is 5.56 Å². The number of phenols is 3. The Bertz CT molecular complexity index is 1900. The molecule has 1 aromatic heterocycles. The van der Waals surface area contributed by atoms with Crippen molar-refractivity contribution >= 4 is 56.0 Å². The number of aromatic hydroxyl groups is 3.